The molecule has 1 aliphatic heterocycles. The van der Waals surface area contributed by atoms with E-state index in [4.69, 9.17) is 4.74 Å². The highest BCUT2D eigenvalue weighted by Gasteiger charge is 2.31. The van der Waals surface area contributed by atoms with Gasteiger partial charge in [-0.25, -0.2) is 0 Å². The van der Waals surface area contributed by atoms with Gasteiger partial charge in [-0.1, -0.05) is 12.1 Å². The van der Waals surface area contributed by atoms with Gasteiger partial charge in [0.25, 0.3) is 5.69 Å². The Kier molecular flexibility index (Phi) is 4.01. The lowest BCUT2D eigenvalue weighted by molar-refractivity contribution is -0.384. The third-order valence-electron chi connectivity index (χ3n) is 3.41. The van der Waals surface area contributed by atoms with Gasteiger partial charge in [0.1, 0.15) is 5.69 Å². The lowest BCUT2D eigenvalue weighted by Crippen LogP contribution is -2.50. The summed E-state index contributed by atoms with van der Waals surface area (Å²) >= 11 is 0. The summed E-state index contributed by atoms with van der Waals surface area (Å²) in [6.07, 6.45) is -0.296. The highest BCUT2D eigenvalue weighted by molar-refractivity contribution is 5.68. The van der Waals surface area contributed by atoms with Crippen LogP contribution in [0, 0.1) is 17.0 Å². The van der Waals surface area contributed by atoms with Crippen LogP contribution in [0.1, 0.15) is 12.5 Å². The predicted molar refractivity (Wildman–Crippen MR) is 71.5 cm³/mol. The Bertz CT molecular complexity index is 478. The molecule has 0 bridgehead atoms. The van der Waals surface area contributed by atoms with Crippen LogP contribution in [0.5, 0.6) is 0 Å². The van der Waals surface area contributed by atoms with E-state index in [2.05, 4.69) is 0 Å². The number of hydrogen-bond acceptors (Lipinski definition) is 5. The number of anilines is 1. The van der Waals surface area contributed by atoms with E-state index in [0.717, 1.165) is 5.56 Å². The number of aryl methyl sites for hydroxylation is 1. The van der Waals surface area contributed by atoms with Crippen LogP contribution in [0.3, 0.4) is 0 Å². The Hall–Kier alpha value is -1.66. The van der Waals surface area contributed by atoms with Crippen LogP contribution in [0.2, 0.25) is 0 Å². The number of aliphatic hydroxyl groups is 1. The van der Waals surface area contributed by atoms with Gasteiger partial charge in [0.2, 0.25) is 0 Å². The molecule has 0 radical (unpaired) electrons. The van der Waals surface area contributed by atoms with Crippen molar-refractivity contribution in [1.82, 2.24) is 0 Å². The fourth-order valence-corrected chi connectivity index (χ4v) is 2.40. The van der Waals surface area contributed by atoms with E-state index >= 15 is 0 Å². The summed E-state index contributed by atoms with van der Waals surface area (Å²) in [6, 6.07) is 5.10. The van der Waals surface area contributed by atoms with Crippen molar-refractivity contribution in [3.8, 4) is 0 Å². The Balaban J connectivity index is 2.41. The highest BCUT2D eigenvalue weighted by Crippen LogP contribution is 2.34. The Morgan fingerprint density at radius 2 is 2.32 bits per heavy atom. The second-order valence-corrected chi connectivity index (χ2v) is 4.84. The quantitative estimate of drug-likeness (QED) is 0.662. The number of benzene rings is 1. The van der Waals surface area contributed by atoms with Crippen LogP contribution in [-0.2, 0) is 4.74 Å². The third kappa shape index (κ3) is 2.69. The molecule has 1 fully saturated rings. The standard InChI is InChI=1S/C13H18N2O4/c1-9-4-3-5-12(15(17)18)13(9)14-6-11(7-16)19-8-10(14)2/h3-5,10-11,16H,6-8H2,1-2H3. The number of rotatable bonds is 3. The molecule has 0 saturated carbocycles. The van der Waals surface area contributed by atoms with Crippen LogP contribution in [0.15, 0.2) is 18.2 Å². The normalized spacial score (nSPS) is 23.4. The average Bonchev–Trinajstić information content (AvgIpc) is 2.39. The van der Waals surface area contributed by atoms with Crippen molar-refractivity contribution < 1.29 is 14.8 Å². The van der Waals surface area contributed by atoms with Crippen molar-refractivity contribution in [2.45, 2.75) is 26.0 Å². The largest absolute Gasteiger partial charge is 0.394 e. The maximum atomic E-state index is 11.2. The van der Waals surface area contributed by atoms with E-state index in [1.807, 2.05) is 24.8 Å². The van der Waals surface area contributed by atoms with Crippen molar-refractivity contribution in [3.05, 3.63) is 33.9 Å². The predicted octanol–water partition coefficient (Wildman–Crippen LogP) is 1.49. The molecule has 1 N–H and O–H groups in total. The first-order chi connectivity index (χ1) is 9.04. The Morgan fingerprint density at radius 3 is 2.95 bits per heavy atom. The maximum Gasteiger partial charge on any atom is 0.292 e. The SMILES string of the molecule is Cc1cccc([N+](=O)[O-])c1N1CC(CO)OCC1C. The summed E-state index contributed by atoms with van der Waals surface area (Å²) in [7, 11) is 0. The molecule has 1 aromatic rings. The monoisotopic (exact) mass is 266 g/mol. The van der Waals surface area contributed by atoms with Crippen molar-refractivity contribution in [2.75, 3.05) is 24.7 Å². The van der Waals surface area contributed by atoms with Gasteiger partial charge in [-0.05, 0) is 19.4 Å². The number of nitrogens with zero attached hydrogens (tertiary/aromatic N) is 2. The summed E-state index contributed by atoms with van der Waals surface area (Å²) in [4.78, 5) is 12.8. The van der Waals surface area contributed by atoms with Crippen LogP contribution >= 0.6 is 0 Å². The van der Waals surface area contributed by atoms with Crippen LogP contribution in [0.25, 0.3) is 0 Å². The third-order valence-corrected chi connectivity index (χ3v) is 3.41. The van der Waals surface area contributed by atoms with E-state index in [1.165, 1.54) is 6.07 Å². The molecule has 1 aromatic carbocycles. The topological polar surface area (TPSA) is 75.8 Å². The molecule has 0 aromatic heterocycles. The number of nitro groups is 1. The molecule has 0 spiro atoms. The van der Waals surface area contributed by atoms with E-state index in [9.17, 15) is 15.2 Å². The van der Waals surface area contributed by atoms with E-state index in [-0.39, 0.29) is 29.4 Å². The zero-order chi connectivity index (χ0) is 14.0. The number of ether oxygens (including phenoxy) is 1. The minimum absolute atomic E-state index is 0.0441. The second kappa shape index (κ2) is 5.54. The van der Waals surface area contributed by atoms with E-state index in [1.54, 1.807) is 6.07 Å². The molecule has 2 atom stereocenters. The van der Waals surface area contributed by atoms with Gasteiger partial charge in [0.05, 0.1) is 24.2 Å². The molecule has 2 unspecified atom stereocenters. The van der Waals surface area contributed by atoms with Gasteiger partial charge in [-0.15, -0.1) is 0 Å². The molecule has 1 aliphatic rings. The summed E-state index contributed by atoms with van der Waals surface area (Å²) in [5, 5.41) is 20.4. The molecule has 1 saturated heterocycles. The van der Waals surface area contributed by atoms with Crippen molar-refractivity contribution in [3.63, 3.8) is 0 Å². The van der Waals surface area contributed by atoms with Crippen molar-refractivity contribution in [2.24, 2.45) is 0 Å². The highest BCUT2D eigenvalue weighted by atomic mass is 16.6. The minimum atomic E-state index is -0.363. The Labute approximate surface area is 111 Å². The summed E-state index contributed by atoms with van der Waals surface area (Å²) in [5.41, 5.74) is 1.59. The van der Waals surface area contributed by atoms with Gasteiger partial charge >= 0.3 is 0 Å². The molecule has 0 amide bonds. The molecule has 104 valence electrons. The molecule has 19 heavy (non-hydrogen) atoms. The molecular weight excluding hydrogens is 248 g/mol. The number of nitro benzene ring substituents is 1. The molecular formula is C13H18N2O4. The molecule has 2 rings (SSSR count). The van der Waals surface area contributed by atoms with Crippen LogP contribution in [0.4, 0.5) is 11.4 Å². The molecule has 6 heteroatoms. The number of aliphatic hydroxyl groups excluding tert-OH is 1. The van der Waals surface area contributed by atoms with Gasteiger partial charge in [-0.2, -0.15) is 0 Å². The zero-order valence-electron chi connectivity index (χ0n) is 11.1. The first-order valence-corrected chi connectivity index (χ1v) is 6.27. The van der Waals surface area contributed by atoms with E-state index in [0.29, 0.717) is 18.8 Å². The second-order valence-electron chi connectivity index (χ2n) is 4.84. The first-order valence-electron chi connectivity index (χ1n) is 6.27. The minimum Gasteiger partial charge on any atom is -0.394 e. The van der Waals surface area contributed by atoms with Crippen molar-refractivity contribution in [1.29, 1.82) is 0 Å². The first kappa shape index (κ1) is 13.8. The van der Waals surface area contributed by atoms with Gasteiger partial charge < -0.3 is 14.7 Å². The van der Waals surface area contributed by atoms with Gasteiger partial charge in [0.15, 0.2) is 0 Å². The number of morpholine rings is 1. The Morgan fingerprint density at radius 1 is 1.58 bits per heavy atom. The lowest BCUT2D eigenvalue weighted by Gasteiger charge is -2.39. The summed E-state index contributed by atoms with van der Waals surface area (Å²) < 4.78 is 5.47. The number of hydrogen-bond donors (Lipinski definition) is 1. The van der Waals surface area contributed by atoms with Crippen LogP contribution in [-0.4, -0.2) is 41.9 Å². The van der Waals surface area contributed by atoms with Gasteiger partial charge in [0, 0.05) is 18.7 Å². The van der Waals surface area contributed by atoms with E-state index < -0.39 is 0 Å². The molecule has 1 heterocycles. The smallest absolute Gasteiger partial charge is 0.292 e. The lowest BCUT2D eigenvalue weighted by atomic mass is 10.1. The number of para-hydroxylation sites is 1. The van der Waals surface area contributed by atoms with Crippen molar-refractivity contribution >= 4 is 11.4 Å². The fraction of sp³-hybridized carbons (Fsp3) is 0.538. The zero-order valence-corrected chi connectivity index (χ0v) is 11.1. The average molecular weight is 266 g/mol. The van der Waals surface area contributed by atoms with Crippen LogP contribution < -0.4 is 4.90 Å². The fourth-order valence-electron chi connectivity index (χ4n) is 2.40. The van der Waals surface area contributed by atoms with Gasteiger partial charge in [-0.3, -0.25) is 10.1 Å². The summed E-state index contributed by atoms with van der Waals surface area (Å²) in [6.45, 7) is 4.66. The molecule has 6 nitrogen and oxygen atoms in total. The molecule has 0 aliphatic carbocycles. The summed E-state index contributed by atoms with van der Waals surface area (Å²) in [5.74, 6) is 0. The maximum absolute atomic E-state index is 11.2.